The van der Waals surface area contributed by atoms with E-state index in [9.17, 15) is 18.0 Å². The van der Waals surface area contributed by atoms with E-state index >= 15 is 0 Å². The van der Waals surface area contributed by atoms with E-state index in [1.807, 2.05) is 0 Å². The number of halogens is 3. The van der Waals surface area contributed by atoms with E-state index in [-0.39, 0.29) is 19.8 Å². The largest absolute Gasteiger partial charge is 0.405 e. The molecular weight excluding hydrogens is 251 g/mol. The Labute approximate surface area is 102 Å². The molecule has 0 aliphatic carbocycles. The Morgan fingerprint density at radius 2 is 2.33 bits per heavy atom. The van der Waals surface area contributed by atoms with Crippen LogP contribution in [0, 0.1) is 17.2 Å². The van der Waals surface area contributed by atoms with Crippen molar-refractivity contribution < 1.29 is 22.7 Å². The Morgan fingerprint density at radius 3 is 2.83 bits per heavy atom. The van der Waals surface area contributed by atoms with Gasteiger partial charge in [0.25, 0.3) is 0 Å². The van der Waals surface area contributed by atoms with Crippen molar-refractivity contribution in [3.8, 4) is 6.07 Å². The minimum atomic E-state index is -4.58. The van der Waals surface area contributed by atoms with Crippen molar-refractivity contribution in [2.24, 2.45) is 5.92 Å². The third-order valence-electron chi connectivity index (χ3n) is 2.76. The van der Waals surface area contributed by atoms with Crippen LogP contribution in [-0.2, 0) is 9.53 Å². The zero-order valence-electron chi connectivity index (χ0n) is 9.83. The second-order valence-electron chi connectivity index (χ2n) is 3.92. The predicted molar refractivity (Wildman–Crippen MR) is 55.4 cm³/mol. The molecule has 1 heterocycles. The Hall–Kier alpha value is -1.33. The molecule has 1 N–H and O–H groups in total. The van der Waals surface area contributed by atoms with Crippen LogP contribution in [0.5, 0.6) is 0 Å². The molecule has 0 spiro atoms. The number of carbonyl (C=O) groups is 1. The second-order valence-corrected chi connectivity index (χ2v) is 3.92. The van der Waals surface area contributed by atoms with E-state index in [0.29, 0.717) is 0 Å². The lowest BCUT2D eigenvalue weighted by atomic mass is 10.1. The van der Waals surface area contributed by atoms with Gasteiger partial charge in [0.1, 0.15) is 6.04 Å². The zero-order chi connectivity index (χ0) is 13.8. The third-order valence-corrected chi connectivity index (χ3v) is 2.76. The van der Waals surface area contributed by atoms with Crippen LogP contribution in [0.25, 0.3) is 0 Å². The Bertz CT molecular complexity index is 340. The van der Waals surface area contributed by atoms with E-state index in [0.717, 1.165) is 0 Å². The summed E-state index contributed by atoms with van der Waals surface area (Å²) >= 11 is 0. The highest BCUT2D eigenvalue weighted by Crippen LogP contribution is 2.27. The monoisotopic (exact) mass is 265 g/mol. The first-order chi connectivity index (χ1) is 8.40. The maximum Gasteiger partial charge on any atom is 0.405 e. The van der Waals surface area contributed by atoms with Crippen molar-refractivity contribution in [1.29, 1.82) is 5.26 Å². The van der Waals surface area contributed by atoms with Crippen molar-refractivity contribution in [1.82, 2.24) is 10.2 Å². The van der Waals surface area contributed by atoms with Gasteiger partial charge in [0.05, 0.1) is 19.3 Å². The van der Waals surface area contributed by atoms with Crippen LogP contribution < -0.4 is 5.32 Å². The van der Waals surface area contributed by atoms with Crippen LogP contribution in [-0.4, -0.2) is 56.4 Å². The molecule has 1 rings (SSSR count). The SMILES string of the molecule is CNC(=O)C1COCCN1CC(C#N)C(F)(F)F. The van der Waals surface area contributed by atoms with Gasteiger partial charge < -0.3 is 10.1 Å². The van der Waals surface area contributed by atoms with Gasteiger partial charge in [0.2, 0.25) is 5.91 Å². The summed E-state index contributed by atoms with van der Waals surface area (Å²) in [7, 11) is 1.40. The topological polar surface area (TPSA) is 65.4 Å². The van der Waals surface area contributed by atoms with Gasteiger partial charge in [0, 0.05) is 20.1 Å². The molecule has 0 radical (unpaired) electrons. The van der Waals surface area contributed by atoms with Crippen molar-refractivity contribution in [3.63, 3.8) is 0 Å². The van der Waals surface area contributed by atoms with Crippen LogP contribution in [0.3, 0.4) is 0 Å². The van der Waals surface area contributed by atoms with E-state index in [1.165, 1.54) is 18.0 Å². The van der Waals surface area contributed by atoms with Crippen LogP contribution in [0.4, 0.5) is 13.2 Å². The first kappa shape index (κ1) is 14.7. The van der Waals surface area contributed by atoms with Crippen molar-refractivity contribution in [2.45, 2.75) is 12.2 Å². The molecule has 18 heavy (non-hydrogen) atoms. The molecule has 1 aliphatic rings. The molecule has 2 atom stereocenters. The summed E-state index contributed by atoms with van der Waals surface area (Å²) in [6.45, 7) is -0.0209. The van der Waals surface area contributed by atoms with Crippen LogP contribution in [0.2, 0.25) is 0 Å². The summed E-state index contributed by atoms with van der Waals surface area (Å²) in [5.74, 6) is -2.50. The van der Waals surface area contributed by atoms with Gasteiger partial charge in [-0.3, -0.25) is 9.69 Å². The fourth-order valence-electron chi connectivity index (χ4n) is 1.72. The van der Waals surface area contributed by atoms with Crippen LogP contribution >= 0.6 is 0 Å². The van der Waals surface area contributed by atoms with E-state index < -0.39 is 30.6 Å². The minimum absolute atomic E-state index is 0.0374. The molecule has 5 nitrogen and oxygen atoms in total. The number of alkyl halides is 3. The smallest absolute Gasteiger partial charge is 0.378 e. The van der Waals surface area contributed by atoms with Gasteiger partial charge in [-0.1, -0.05) is 0 Å². The van der Waals surface area contributed by atoms with Crippen molar-refractivity contribution in [2.75, 3.05) is 33.4 Å². The number of hydrogen-bond donors (Lipinski definition) is 1. The third kappa shape index (κ3) is 3.58. The number of likely N-dealkylation sites (N-methyl/N-ethyl adjacent to an activating group) is 1. The number of rotatable bonds is 3. The van der Waals surface area contributed by atoms with Crippen LogP contribution in [0.1, 0.15) is 0 Å². The summed E-state index contributed by atoms with van der Waals surface area (Å²) in [6, 6.07) is 0.452. The molecule has 0 aromatic carbocycles. The standard InChI is InChI=1S/C10H14F3N3O2/c1-15-9(17)8-6-18-3-2-16(8)5-7(4-14)10(11,12)13/h7-8H,2-3,5-6H2,1H3,(H,15,17). The molecule has 102 valence electrons. The number of nitriles is 1. The molecule has 0 bridgehead atoms. The number of carbonyl (C=O) groups excluding carboxylic acids is 1. The lowest BCUT2D eigenvalue weighted by molar-refractivity contribution is -0.169. The lowest BCUT2D eigenvalue weighted by Crippen LogP contribution is -2.55. The molecular formula is C10H14F3N3O2. The highest BCUT2D eigenvalue weighted by atomic mass is 19.4. The van der Waals surface area contributed by atoms with Gasteiger partial charge in [-0.25, -0.2) is 0 Å². The minimum Gasteiger partial charge on any atom is -0.378 e. The summed E-state index contributed by atoms with van der Waals surface area (Å²) in [5, 5.41) is 10.9. The summed E-state index contributed by atoms with van der Waals surface area (Å²) in [4.78, 5) is 12.8. The van der Waals surface area contributed by atoms with E-state index in [2.05, 4.69) is 5.32 Å². The van der Waals surface area contributed by atoms with Gasteiger partial charge in [0.15, 0.2) is 5.92 Å². The second kappa shape index (κ2) is 6.02. The number of amides is 1. The first-order valence-electron chi connectivity index (χ1n) is 5.40. The molecule has 8 heteroatoms. The molecule has 1 saturated heterocycles. The lowest BCUT2D eigenvalue weighted by Gasteiger charge is -2.35. The molecule has 1 fully saturated rings. The van der Waals surface area contributed by atoms with E-state index in [1.54, 1.807) is 0 Å². The Kier molecular flexibility index (Phi) is 4.93. The highest BCUT2D eigenvalue weighted by Gasteiger charge is 2.43. The fourth-order valence-corrected chi connectivity index (χ4v) is 1.72. The molecule has 0 aromatic heterocycles. The van der Waals surface area contributed by atoms with Gasteiger partial charge in [-0.2, -0.15) is 18.4 Å². The number of nitrogens with zero attached hydrogens (tertiary/aromatic N) is 2. The van der Waals surface area contributed by atoms with Gasteiger partial charge in [-0.05, 0) is 0 Å². The van der Waals surface area contributed by atoms with Crippen LogP contribution in [0.15, 0.2) is 0 Å². The average Bonchev–Trinajstić information content (AvgIpc) is 2.34. The fraction of sp³-hybridized carbons (Fsp3) is 0.800. The van der Waals surface area contributed by atoms with Gasteiger partial charge >= 0.3 is 6.18 Å². The number of nitrogens with one attached hydrogen (secondary N) is 1. The normalized spacial score (nSPS) is 23.2. The maximum absolute atomic E-state index is 12.5. The Balaban J connectivity index is 2.73. The highest BCUT2D eigenvalue weighted by molar-refractivity contribution is 5.81. The molecule has 0 aromatic rings. The average molecular weight is 265 g/mol. The first-order valence-corrected chi connectivity index (χ1v) is 5.40. The Morgan fingerprint density at radius 1 is 1.67 bits per heavy atom. The van der Waals surface area contributed by atoms with E-state index in [4.69, 9.17) is 10.00 Å². The van der Waals surface area contributed by atoms with Gasteiger partial charge in [-0.15, -0.1) is 0 Å². The maximum atomic E-state index is 12.5. The quantitative estimate of drug-likeness (QED) is 0.788. The zero-order valence-corrected chi connectivity index (χ0v) is 9.83. The number of hydrogen-bond acceptors (Lipinski definition) is 4. The summed E-state index contributed by atoms with van der Waals surface area (Å²) in [5.41, 5.74) is 0. The summed E-state index contributed by atoms with van der Waals surface area (Å²) in [6.07, 6.45) is -4.58. The van der Waals surface area contributed by atoms with Crippen molar-refractivity contribution in [3.05, 3.63) is 0 Å². The molecule has 1 aliphatic heterocycles. The summed E-state index contributed by atoms with van der Waals surface area (Å²) < 4.78 is 42.6. The number of ether oxygens (including phenoxy) is 1. The molecule has 2 unspecified atom stereocenters. The molecule has 0 saturated carbocycles. The molecule has 1 amide bonds. The predicted octanol–water partition coefficient (Wildman–Crippen LogP) is 0.135. The number of morpholine rings is 1. The van der Waals surface area contributed by atoms with Crippen molar-refractivity contribution >= 4 is 5.91 Å².